The van der Waals surface area contributed by atoms with Gasteiger partial charge >= 0.3 is 0 Å². The summed E-state index contributed by atoms with van der Waals surface area (Å²) < 4.78 is 27.4. The monoisotopic (exact) mass is 448 g/mol. The maximum atomic E-state index is 12.9. The van der Waals surface area contributed by atoms with E-state index < -0.39 is 6.43 Å². The number of alkyl halides is 2. The number of hydrogen-bond acceptors (Lipinski definition) is 5. The molecule has 7 nitrogen and oxygen atoms in total. The van der Waals surface area contributed by atoms with Crippen LogP contribution in [0.25, 0.3) is 22.3 Å². The van der Waals surface area contributed by atoms with Crippen molar-refractivity contribution in [2.75, 3.05) is 13.1 Å². The van der Waals surface area contributed by atoms with Crippen molar-refractivity contribution in [1.29, 1.82) is 0 Å². The minimum atomic E-state index is -2.60. The number of aromatic amines is 1. The van der Waals surface area contributed by atoms with Crippen LogP contribution in [0.15, 0.2) is 47.8 Å². The minimum absolute atomic E-state index is 0.00229. The van der Waals surface area contributed by atoms with Crippen molar-refractivity contribution in [3.05, 3.63) is 75.9 Å². The zero-order valence-electron chi connectivity index (χ0n) is 17.8. The maximum absolute atomic E-state index is 12.9. The molecule has 0 radical (unpaired) electrons. The van der Waals surface area contributed by atoms with Gasteiger partial charge in [-0.25, -0.2) is 13.8 Å². The predicted molar refractivity (Wildman–Crippen MR) is 120 cm³/mol. The van der Waals surface area contributed by atoms with Gasteiger partial charge in [0.2, 0.25) is 0 Å². The van der Waals surface area contributed by atoms with Gasteiger partial charge < -0.3 is 9.38 Å². The van der Waals surface area contributed by atoms with Crippen LogP contribution < -0.4 is 5.56 Å². The number of pyridine rings is 2. The summed E-state index contributed by atoms with van der Waals surface area (Å²) >= 11 is 0. The number of aromatic nitrogens is 5. The standard InChI is InChI=1S/C24H22F2N6O/c25-23(26)21-13-32-12-20(28-10-22(32)29-21)16-3-5-31(6-4-16)11-14-7-19-18(27-9-14)8-17(15-1-2-15)24(33)30-19/h3,7-10,12-13,15,23H,1-2,4-6,11H2,(H,30,33). The molecule has 1 N–H and O–H groups in total. The first-order valence-electron chi connectivity index (χ1n) is 11.1. The van der Waals surface area contributed by atoms with Crippen LogP contribution in [-0.2, 0) is 6.54 Å². The van der Waals surface area contributed by atoms with Crippen LogP contribution in [-0.4, -0.2) is 42.3 Å². The maximum Gasteiger partial charge on any atom is 0.281 e. The van der Waals surface area contributed by atoms with E-state index in [2.05, 4.69) is 30.9 Å². The van der Waals surface area contributed by atoms with Gasteiger partial charge in [-0.3, -0.25) is 19.7 Å². The smallest absolute Gasteiger partial charge is 0.281 e. The van der Waals surface area contributed by atoms with Gasteiger partial charge in [-0.1, -0.05) is 6.08 Å². The lowest BCUT2D eigenvalue weighted by Gasteiger charge is -2.26. The highest BCUT2D eigenvalue weighted by molar-refractivity contribution is 5.75. The first-order chi connectivity index (χ1) is 16.0. The Bertz CT molecular complexity index is 1450. The van der Waals surface area contributed by atoms with E-state index in [1.807, 2.05) is 18.3 Å². The number of hydrogen-bond donors (Lipinski definition) is 1. The van der Waals surface area contributed by atoms with Crippen LogP contribution in [0.2, 0.25) is 0 Å². The Hall–Kier alpha value is -3.46. The molecular weight excluding hydrogens is 426 g/mol. The topological polar surface area (TPSA) is 79.2 Å². The van der Waals surface area contributed by atoms with Crippen molar-refractivity contribution in [1.82, 2.24) is 29.2 Å². The molecule has 168 valence electrons. The predicted octanol–water partition coefficient (Wildman–Crippen LogP) is 4.07. The summed E-state index contributed by atoms with van der Waals surface area (Å²) in [5, 5.41) is 0. The average Bonchev–Trinajstić information content (AvgIpc) is 3.56. The number of nitrogens with zero attached hydrogens (tertiary/aromatic N) is 5. The quantitative estimate of drug-likeness (QED) is 0.498. The van der Waals surface area contributed by atoms with Crippen LogP contribution in [0.3, 0.4) is 0 Å². The molecule has 0 saturated heterocycles. The molecule has 1 fully saturated rings. The Balaban J connectivity index is 1.17. The van der Waals surface area contributed by atoms with Gasteiger partial charge in [-0.2, -0.15) is 0 Å². The van der Waals surface area contributed by atoms with Crippen molar-refractivity contribution < 1.29 is 8.78 Å². The van der Waals surface area contributed by atoms with Crippen molar-refractivity contribution in [3.8, 4) is 0 Å². The second-order valence-corrected chi connectivity index (χ2v) is 8.82. The molecule has 4 aromatic heterocycles. The third-order valence-electron chi connectivity index (χ3n) is 6.41. The fourth-order valence-corrected chi connectivity index (χ4v) is 4.46. The number of H-pyrrole nitrogens is 1. The highest BCUT2D eigenvalue weighted by Gasteiger charge is 2.26. The van der Waals surface area contributed by atoms with E-state index in [0.717, 1.165) is 72.3 Å². The molecule has 0 unspecified atom stereocenters. The lowest BCUT2D eigenvalue weighted by molar-refractivity contribution is 0.147. The van der Waals surface area contributed by atoms with Gasteiger partial charge in [0.05, 0.1) is 22.9 Å². The summed E-state index contributed by atoms with van der Waals surface area (Å²) in [4.78, 5) is 30.5. The van der Waals surface area contributed by atoms with Crippen LogP contribution in [0.4, 0.5) is 8.78 Å². The fourth-order valence-electron chi connectivity index (χ4n) is 4.46. The van der Waals surface area contributed by atoms with Gasteiger partial charge in [-0.05, 0) is 48.4 Å². The first-order valence-corrected chi connectivity index (χ1v) is 11.1. The lowest BCUT2D eigenvalue weighted by atomic mass is 10.0. The summed E-state index contributed by atoms with van der Waals surface area (Å²) in [6.45, 7) is 2.31. The highest BCUT2D eigenvalue weighted by Crippen LogP contribution is 2.38. The molecule has 1 saturated carbocycles. The molecule has 6 rings (SSSR count). The zero-order valence-corrected chi connectivity index (χ0v) is 17.8. The normalized spacial score (nSPS) is 17.2. The van der Waals surface area contributed by atoms with E-state index in [9.17, 15) is 13.6 Å². The number of imidazole rings is 1. The van der Waals surface area contributed by atoms with Crippen LogP contribution in [0.1, 0.15) is 54.1 Å². The van der Waals surface area contributed by atoms with Crippen molar-refractivity contribution >= 4 is 22.3 Å². The summed E-state index contributed by atoms with van der Waals surface area (Å²) in [6, 6.07) is 3.94. The van der Waals surface area contributed by atoms with E-state index in [0.29, 0.717) is 11.6 Å². The van der Waals surface area contributed by atoms with Gasteiger partial charge in [0.1, 0.15) is 5.69 Å². The Morgan fingerprint density at radius 1 is 1.15 bits per heavy atom. The number of rotatable bonds is 5. The molecule has 33 heavy (non-hydrogen) atoms. The Kier molecular flexibility index (Phi) is 4.79. The van der Waals surface area contributed by atoms with Crippen LogP contribution >= 0.6 is 0 Å². The molecule has 1 aliphatic carbocycles. The Labute approximate surface area is 187 Å². The number of fused-ring (bicyclic) bond motifs is 2. The molecule has 2 aliphatic rings. The van der Waals surface area contributed by atoms with Crippen molar-refractivity contribution in [3.63, 3.8) is 0 Å². The molecule has 0 spiro atoms. The van der Waals surface area contributed by atoms with E-state index in [4.69, 9.17) is 0 Å². The summed E-state index contributed by atoms with van der Waals surface area (Å²) in [5.74, 6) is 0.393. The molecule has 0 aromatic carbocycles. The summed E-state index contributed by atoms with van der Waals surface area (Å²) in [7, 11) is 0. The third kappa shape index (κ3) is 3.93. The van der Waals surface area contributed by atoms with Crippen LogP contribution in [0, 0.1) is 0 Å². The Morgan fingerprint density at radius 2 is 2.03 bits per heavy atom. The summed E-state index contributed by atoms with van der Waals surface area (Å²) in [5.41, 5.74) is 5.54. The Morgan fingerprint density at radius 3 is 2.79 bits per heavy atom. The van der Waals surface area contributed by atoms with Gasteiger partial charge in [-0.15, -0.1) is 0 Å². The highest BCUT2D eigenvalue weighted by atomic mass is 19.3. The van der Waals surface area contributed by atoms with Crippen molar-refractivity contribution in [2.24, 2.45) is 0 Å². The van der Waals surface area contributed by atoms with Crippen molar-refractivity contribution in [2.45, 2.75) is 38.2 Å². The minimum Gasteiger partial charge on any atom is -0.320 e. The zero-order chi connectivity index (χ0) is 22.5. The first kappa shape index (κ1) is 20.2. The largest absolute Gasteiger partial charge is 0.320 e. The van der Waals surface area contributed by atoms with E-state index in [-0.39, 0.29) is 11.3 Å². The van der Waals surface area contributed by atoms with Gasteiger partial charge in [0.25, 0.3) is 12.0 Å². The molecule has 0 bridgehead atoms. The van der Waals surface area contributed by atoms with Gasteiger partial charge in [0.15, 0.2) is 5.65 Å². The lowest BCUT2D eigenvalue weighted by Crippen LogP contribution is -2.28. The molecule has 1 aliphatic heterocycles. The van der Waals surface area contributed by atoms with Crippen LogP contribution in [0.5, 0.6) is 0 Å². The van der Waals surface area contributed by atoms with E-state index >= 15 is 0 Å². The van der Waals surface area contributed by atoms with E-state index in [1.54, 1.807) is 10.6 Å². The fraction of sp³-hybridized carbons (Fsp3) is 0.333. The molecule has 5 heterocycles. The number of nitrogens with one attached hydrogen (secondary N) is 1. The molecule has 9 heteroatoms. The molecule has 4 aromatic rings. The second kappa shape index (κ2) is 7.84. The molecule has 0 amide bonds. The van der Waals surface area contributed by atoms with E-state index in [1.165, 1.54) is 12.4 Å². The average molecular weight is 448 g/mol. The third-order valence-corrected chi connectivity index (χ3v) is 6.41. The summed E-state index contributed by atoms with van der Waals surface area (Å²) in [6.07, 6.45) is 9.02. The van der Waals surface area contributed by atoms with Gasteiger partial charge in [0, 0.05) is 43.8 Å². The number of halogens is 2. The molecular formula is C24H22F2N6O. The second-order valence-electron chi connectivity index (χ2n) is 8.82. The SMILES string of the molecule is O=c1[nH]c2cc(CN3CC=C(c4cn5cc(C(F)F)nc5cn4)CC3)cnc2cc1C1CC1. The molecule has 0 atom stereocenters.